The molecule has 5 atom stereocenters. The summed E-state index contributed by atoms with van der Waals surface area (Å²) in [6.45, 7) is 6.55. The molecular formula is C20H28O2. The molecule has 2 N–H and O–H groups in total. The lowest BCUT2D eigenvalue weighted by Gasteiger charge is -2.52. The fourth-order valence-electron chi connectivity index (χ4n) is 6.20. The van der Waals surface area contributed by atoms with Gasteiger partial charge in [-0.1, -0.05) is 6.92 Å². The van der Waals surface area contributed by atoms with Gasteiger partial charge in [-0.05, 0) is 104 Å². The van der Waals surface area contributed by atoms with Crippen molar-refractivity contribution in [2.75, 3.05) is 0 Å². The number of fused-ring (bicyclic) bond motifs is 5. The highest BCUT2D eigenvalue weighted by molar-refractivity contribution is 5.45. The fraction of sp³-hybridized carbons (Fsp3) is 0.700. The molecule has 0 saturated heterocycles. The molecule has 2 heteroatoms. The summed E-state index contributed by atoms with van der Waals surface area (Å²) in [6.07, 6.45) is 6.76. The molecule has 2 saturated carbocycles. The smallest absolute Gasteiger partial charge is 0.116 e. The zero-order chi connectivity index (χ0) is 15.7. The van der Waals surface area contributed by atoms with E-state index >= 15 is 0 Å². The number of hydrogen-bond donors (Lipinski definition) is 2. The Balaban J connectivity index is 1.75. The molecule has 3 aliphatic carbocycles. The van der Waals surface area contributed by atoms with Gasteiger partial charge in [-0.25, -0.2) is 0 Å². The molecule has 0 aliphatic heterocycles. The van der Waals surface area contributed by atoms with Crippen molar-refractivity contribution in [1.82, 2.24) is 0 Å². The lowest BCUT2D eigenvalue weighted by atomic mass is 9.53. The first-order chi connectivity index (χ1) is 10.3. The molecule has 1 aromatic rings. The number of phenols is 1. The van der Waals surface area contributed by atoms with Crippen LogP contribution in [0.15, 0.2) is 12.1 Å². The topological polar surface area (TPSA) is 40.5 Å². The van der Waals surface area contributed by atoms with Crippen LogP contribution in [0.3, 0.4) is 0 Å². The second-order valence-electron chi connectivity index (χ2n) is 8.52. The van der Waals surface area contributed by atoms with Crippen LogP contribution in [-0.2, 0) is 6.42 Å². The zero-order valence-corrected chi connectivity index (χ0v) is 14.0. The molecular weight excluding hydrogens is 272 g/mol. The number of aryl methyl sites for hydroxylation is 2. The minimum atomic E-state index is -0.493. The van der Waals surface area contributed by atoms with Crippen LogP contribution in [0.4, 0.5) is 0 Å². The van der Waals surface area contributed by atoms with E-state index in [1.54, 1.807) is 0 Å². The summed E-state index contributed by atoms with van der Waals surface area (Å²) >= 11 is 0. The van der Waals surface area contributed by atoms with E-state index in [1.165, 1.54) is 36.0 Å². The molecule has 0 amide bonds. The predicted molar refractivity (Wildman–Crippen MR) is 88.1 cm³/mol. The van der Waals surface area contributed by atoms with Gasteiger partial charge in [-0.15, -0.1) is 0 Å². The largest absolute Gasteiger partial charge is 0.508 e. The number of aromatic hydroxyl groups is 1. The van der Waals surface area contributed by atoms with E-state index in [1.807, 2.05) is 12.1 Å². The van der Waals surface area contributed by atoms with E-state index in [0.29, 0.717) is 23.5 Å². The third kappa shape index (κ3) is 1.76. The summed E-state index contributed by atoms with van der Waals surface area (Å²) in [4.78, 5) is 0. The minimum Gasteiger partial charge on any atom is -0.508 e. The molecule has 0 spiro atoms. The molecule has 1 aromatic carbocycles. The molecule has 2 nitrogen and oxygen atoms in total. The summed E-state index contributed by atoms with van der Waals surface area (Å²) in [5, 5.41) is 20.8. The van der Waals surface area contributed by atoms with Gasteiger partial charge in [0.1, 0.15) is 5.75 Å². The molecule has 4 rings (SSSR count). The first-order valence-corrected chi connectivity index (χ1v) is 8.88. The van der Waals surface area contributed by atoms with Gasteiger partial charge in [0.15, 0.2) is 0 Å². The van der Waals surface area contributed by atoms with Crippen molar-refractivity contribution in [3.8, 4) is 5.75 Å². The molecule has 0 heterocycles. The van der Waals surface area contributed by atoms with Crippen LogP contribution in [0, 0.1) is 24.2 Å². The molecule has 0 bridgehead atoms. The average Bonchev–Trinajstić information content (AvgIpc) is 2.68. The Morgan fingerprint density at radius 1 is 1.09 bits per heavy atom. The Kier molecular flexibility index (Phi) is 2.98. The Morgan fingerprint density at radius 3 is 2.64 bits per heavy atom. The van der Waals surface area contributed by atoms with E-state index < -0.39 is 5.60 Å². The molecule has 22 heavy (non-hydrogen) atoms. The summed E-state index contributed by atoms with van der Waals surface area (Å²) in [5.74, 6) is 2.42. The van der Waals surface area contributed by atoms with Gasteiger partial charge in [-0.2, -0.15) is 0 Å². The standard InChI is InChI=1S/C20H28O2/c1-12-10-14(21)11-13-4-5-15-16(18(12)13)6-8-19(2)17(15)7-9-20(19,3)22/h10-11,15-17,21-22H,4-9H2,1-3H3/t15-,16+,17+,19+,20+/m1/s1. The molecule has 0 radical (unpaired) electrons. The molecule has 0 aromatic heterocycles. The molecule has 120 valence electrons. The van der Waals surface area contributed by atoms with Gasteiger partial charge in [0, 0.05) is 0 Å². The van der Waals surface area contributed by atoms with Crippen molar-refractivity contribution < 1.29 is 10.2 Å². The van der Waals surface area contributed by atoms with Crippen LogP contribution < -0.4 is 0 Å². The highest BCUT2D eigenvalue weighted by atomic mass is 16.3. The summed E-state index contributed by atoms with van der Waals surface area (Å²) < 4.78 is 0. The van der Waals surface area contributed by atoms with Crippen molar-refractivity contribution in [1.29, 1.82) is 0 Å². The molecule has 2 fully saturated rings. The van der Waals surface area contributed by atoms with Gasteiger partial charge >= 0.3 is 0 Å². The minimum absolute atomic E-state index is 0.0937. The van der Waals surface area contributed by atoms with Gasteiger partial charge in [0.2, 0.25) is 0 Å². The van der Waals surface area contributed by atoms with Crippen molar-refractivity contribution in [2.45, 2.75) is 70.8 Å². The maximum absolute atomic E-state index is 10.9. The normalized spacial score (nSPS) is 43.4. The SMILES string of the molecule is Cc1cc(O)cc2c1[C@H]1CC[C@@]3(C)[C@@H](CC[C@]3(C)O)[C@@H]1CC2. The lowest BCUT2D eigenvalue weighted by Crippen LogP contribution is -2.49. The zero-order valence-electron chi connectivity index (χ0n) is 14.0. The molecule has 3 aliphatic rings. The van der Waals surface area contributed by atoms with Crippen LogP contribution in [0.5, 0.6) is 5.75 Å². The summed E-state index contributed by atoms with van der Waals surface area (Å²) in [5.41, 5.74) is 3.75. The predicted octanol–water partition coefficient (Wildman–Crippen LogP) is 4.31. The van der Waals surface area contributed by atoms with Crippen LogP contribution in [-0.4, -0.2) is 15.8 Å². The second kappa shape index (κ2) is 4.50. The fourth-order valence-corrected chi connectivity index (χ4v) is 6.20. The second-order valence-corrected chi connectivity index (χ2v) is 8.52. The highest BCUT2D eigenvalue weighted by Crippen LogP contribution is 2.64. The van der Waals surface area contributed by atoms with Crippen LogP contribution in [0.2, 0.25) is 0 Å². The quantitative estimate of drug-likeness (QED) is 0.749. The van der Waals surface area contributed by atoms with Crippen molar-refractivity contribution in [3.05, 3.63) is 28.8 Å². The Labute approximate surface area is 133 Å². The van der Waals surface area contributed by atoms with E-state index in [0.717, 1.165) is 19.3 Å². The van der Waals surface area contributed by atoms with Gasteiger partial charge < -0.3 is 10.2 Å². The summed E-state index contributed by atoms with van der Waals surface area (Å²) in [7, 11) is 0. The maximum atomic E-state index is 10.9. The number of aliphatic hydroxyl groups is 1. The van der Waals surface area contributed by atoms with Crippen LogP contribution in [0.1, 0.15) is 68.6 Å². The lowest BCUT2D eigenvalue weighted by molar-refractivity contribution is -0.0902. The van der Waals surface area contributed by atoms with E-state index in [-0.39, 0.29) is 5.41 Å². The first kappa shape index (κ1) is 14.6. The number of phenolic OH excluding ortho intramolecular Hbond substituents is 1. The van der Waals surface area contributed by atoms with Gasteiger partial charge in [0.25, 0.3) is 0 Å². The Bertz CT molecular complexity index is 618. The number of benzene rings is 1. The summed E-state index contributed by atoms with van der Waals surface area (Å²) in [6, 6.07) is 3.91. The Hall–Kier alpha value is -1.02. The van der Waals surface area contributed by atoms with E-state index in [4.69, 9.17) is 0 Å². The third-order valence-corrected chi connectivity index (χ3v) is 7.57. The van der Waals surface area contributed by atoms with Crippen molar-refractivity contribution >= 4 is 0 Å². The monoisotopic (exact) mass is 300 g/mol. The highest BCUT2D eigenvalue weighted by Gasteiger charge is 2.59. The Morgan fingerprint density at radius 2 is 1.86 bits per heavy atom. The van der Waals surface area contributed by atoms with Gasteiger partial charge in [0.05, 0.1) is 5.60 Å². The molecule has 0 unspecified atom stereocenters. The van der Waals surface area contributed by atoms with Crippen molar-refractivity contribution in [3.63, 3.8) is 0 Å². The van der Waals surface area contributed by atoms with Crippen molar-refractivity contribution in [2.24, 2.45) is 17.3 Å². The van der Waals surface area contributed by atoms with E-state index in [9.17, 15) is 10.2 Å². The van der Waals surface area contributed by atoms with Crippen LogP contribution >= 0.6 is 0 Å². The number of hydrogen-bond acceptors (Lipinski definition) is 2. The maximum Gasteiger partial charge on any atom is 0.116 e. The average molecular weight is 300 g/mol. The van der Waals surface area contributed by atoms with E-state index in [2.05, 4.69) is 20.8 Å². The number of rotatable bonds is 0. The third-order valence-electron chi connectivity index (χ3n) is 7.57. The van der Waals surface area contributed by atoms with Crippen LogP contribution in [0.25, 0.3) is 0 Å². The van der Waals surface area contributed by atoms with Gasteiger partial charge in [-0.3, -0.25) is 0 Å². The first-order valence-electron chi connectivity index (χ1n) is 8.88.